The summed E-state index contributed by atoms with van der Waals surface area (Å²) in [5.41, 5.74) is 2.63. The summed E-state index contributed by atoms with van der Waals surface area (Å²) in [4.78, 5) is 0. The van der Waals surface area contributed by atoms with Crippen LogP contribution in [0, 0.1) is 11.3 Å². The summed E-state index contributed by atoms with van der Waals surface area (Å²) in [7, 11) is 1.63. The summed E-state index contributed by atoms with van der Waals surface area (Å²) < 4.78 is 7.27. The van der Waals surface area contributed by atoms with Crippen molar-refractivity contribution in [2.45, 2.75) is 6.54 Å². The number of fused-ring (bicyclic) bond motifs is 1. The van der Waals surface area contributed by atoms with Gasteiger partial charge in [0.15, 0.2) is 0 Å². The smallest absolute Gasteiger partial charge is 0.124 e. The molecule has 0 saturated heterocycles. The number of hydrogen-bond acceptors (Lipinski definition) is 3. The van der Waals surface area contributed by atoms with Gasteiger partial charge in [-0.3, -0.25) is 4.68 Å². The molecule has 0 bridgehead atoms. The number of ether oxygens (including phenoxy) is 1. The van der Waals surface area contributed by atoms with Crippen LogP contribution in [0.3, 0.4) is 0 Å². The number of benzene rings is 2. The second kappa shape index (κ2) is 5.06. The highest BCUT2D eigenvalue weighted by molar-refractivity contribution is 5.78. The third-order valence-electron chi connectivity index (χ3n) is 3.28. The largest absolute Gasteiger partial charge is 0.496 e. The van der Waals surface area contributed by atoms with Crippen molar-refractivity contribution < 1.29 is 4.74 Å². The van der Waals surface area contributed by atoms with E-state index in [2.05, 4.69) is 11.2 Å². The van der Waals surface area contributed by atoms with Crippen LogP contribution >= 0.6 is 0 Å². The van der Waals surface area contributed by atoms with Gasteiger partial charge < -0.3 is 4.74 Å². The van der Waals surface area contributed by atoms with Crippen molar-refractivity contribution >= 4 is 10.9 Å². The molecule has 2 aromatic carbocycles. The van der Waals surface area contributed by atoms with Gasteiger partial charge >= 0.3 is 0 Å². The van der Waals surface area contributed by atoms with E-state index in [-0.39, 0.29) is 0 Å². The monoisotopic (exact) mass is 263 g/mol. The van der Waals surface area contributed by atoms with Crippen molar-refractivity contribution in [2.24, 2.45) is 0 Å². The van der Waals surface area contributed by atoms with Crippen molar-refractivity contribution in [3.8, 4) is 11.8 Å². The van der Waals surface area contributed by atoms with Gasteiger partial charge in [0.2, 0.25) is 0 Å². The van der Waals surface area contributed by atoms with Crippen LogP contribution in [0.2, 0.25) is 0 Å². The number of hydrogen-bond donors (Lipinski definition) is 0. The number of nitrogens with zero attached hydrogens (tertiary/aromatic N) is 3. The highest BCUT2D eigenvalue weighted by atomic mass is 16.5. The zero-order valence-corrected chi connectivity index (χ0v) is 11.1. The fourth-order valence-corrected chi connectivity index (χ4v) is 2.28. The van der Waals surface area contributed by atoms with E-state index >= 15 is 0 Å². The molecule has 98 valence electrons. The molecule has 0 unspecified atom stereocenters. The van der Waals surface area contributed by atoms with Gasteiger partial charge in [0.1, 0.15) is 5.75 Å². The van der Waals surface area contributed by atoms with Gasteiger partial charge in [-0.2, -0.15) is 10.4 Å². The third-order valence-corrected chi connectivity index (χ3v) is 3.28. The maximum absolute atomic E-state index is 9.01. The molecule has 1 heterocycles. The van der Waals surface area contributed by atoms with Gasteiger partial charge in [0.25, 0.3) is 0 Å². The molecule has 0 spiro atoms. The number of nitriles is 1. The molecule has 1 aromatic heterocycles. The molecule has 20 heavy (non-hydrogen) atoms. The number of rotatable bonds is 3. The topological polar surface area (TPSA) is 50.8 Å². The van der Waals surface area contributed by atoms with E-state index in [1.54, 1.807) is 13.2 Å². The van der Waals surface area contributed by atoms with Crippen LogP contribution in [0.15, 0.2) is 48.7 Å². The van der Waals surface area contributed by atoms with Crippen LogP contribution in [0.4, 0.5) is 0 Å². The van der Waals surface area contributed by atoms with E-state index < -0.39 is 0 Å². The highest BCUT2D eigenvalue weighted by Gasteiger charge is 2.08. The van der Waals surface area contributed by atoms with Crippen molar-refractivity contribution in [1.29, 1.82) is 5.26 Å². The molecule has 0 fully saturated rings. The lowest BCUT2D eigenvalue weighted by Gasteiger charge is -2.09. The number of aromatic nitrogens is 2. The molecule has 0 N–H and O–H groups in total. The molecule has 0 saturated carbocycles. The second-order valence-electron chi connectivity index (χ2n) is 4.50. The lowest BCUT2D eigenvalue weighted by molar-refractivity contribution is 0.407. The molecule has 4 nitrogen and oxygen atoms in total. The standard InChI is InChI=1S/C16H13N3O/c1-20-16-7-6-12(9-17)8-14(16)11-19-15-5-3-2-4-13(15)10-18-19/h2-8,10H,11H2,1H3. The number of methoxy groups -OCH3 is 1. The lowest BCUT2D eigenvalue weighted by Crippen LogP contribution is -2.03. The molecule has 4 heteroatoms. The molecule has 0 aliphatic heterocycles. The minimum Gasteiger partial charge on any atom is -0.496 e. The van der Waals surface area contributed by atoms with Crippen LogP contribution < -0.4 is 4.74 Å². The van der Waals surface area contributed by atoms with Crippen LogP contribution in [-0.4, -0.2) is 16.9 Å². The maximum Gasteiger partial charge on any atom is 0.124 e. The summed E-state index contributed by atoms with van der Waals surface area (Å²) in [6.07, 6.45) is 1.84. The average Bonchev–Trinajstić information content (AvgIpc) is 2.90. The predicted octanol–water partition coefficient (Wildman–Crippen LogP) is 2.96. The van der Waals surface area contributed by atoms with Crippen LogP contribution in [0.1, 0.15) is 11.1 Å². The molecule has 0 aliphatic rings. The van der Waals surface area contributed by atoms with Crippen molar-refractivity contribution in [3.63, 3.8) is 0 Å². The Morgan fingerprint density at radius 2 is 2.10 bits per heavy atom. The quantitative estimate of drug-likeness (QED) is 0.730. The first-order valence-electron chi connectivity index (χ1n) is 6.29. The molecular weight excluding hydrogens is 250 g/mol. The molecule has 3 aromatic rings. The van der Waals surface area contributed by atoms with E-state index in [9.17, 15) is 0 Å². The molecule has 0 amide bonds. The fourth-order valence-electron chi connectivity index (χ4n) is 2.28. The van der Waals surface area contributed by atoms with Crippen LogP contribution in [-0.2, 0) is 6.54 Å². The van der Waals surface area contributed by atoms with Gasteiger partial charge in [0, 0.05) is 10.9 Å². The van der Waals surface area contributed by atoms with Crippen LogP contribution in [0.5, 0.6) is 5.75 Å². The Labute approximate surface area is 116 Å². The first-order valence-corrected chi connectivity index (χ1v) is 6.29. The van der Waals surface area contributed by atoms with E-state index in [1.807, 2.05) is 47.3 Å². The minimum absolute atomic E-state index is 0.576. The van der Waals surface area contributed by atoms with Crippen molar-refractivity contribution in [1.82, 2.24) is 9.78 Å². The molecule has 0 atom stereocenters. The van der Waals surface area contributed by atoms with E-state index in [1.165, 1.54) is 0 Å². The fraction of sp³-hybridized carbons (Fsp3) is 0.125. The number of para-hydroxylation sites is 1. The summed E-state index contributed by atoms with van der Waals surface area (Å²) in [6.45, 7) is 0.576. The van der Waals surface area contributed by atoms with E-state index in [4.69, 9.17) is 10.00 Å². The van der Waals surface area contributed by atoms with Gasteiger partial charge in [-0.05, 0) is 24.3 Å². The Morgan fingerprint density at radius 3 is 2.90 bits per heavy atom. The highest BCUT2D eigenvalue weighted by Crippen LogP contribution is 2.22. The Kier molecular flexibility index (Phi) is 3.10. The van der Waals surface area contributed by atoms with Gasteiger partial charge in [-0.15, -0.1) is 0 Å². The van der Waals surface area contributed by atoms with E-state index in [0.29, 0.717) is 12.1 Å². The summed E-state index contributed by atoms with van der Waals surface area (Å²) in [6, 6.07) is 15.6. The summed E-state index contributed by atoms with van der Waals surface area (Å²) in [5.74, 6) is 0.767. The average molecular weight is 263 g/mol. The first-order chi connectivity index (χ1) is 9.81. The molecule has 0 aliphatic carbocycles. The van der Waals surface area contributed by atoms with Crippen LogP contribution in [0.25, 0.3) is 10.9 Å². The molecule has 3 rings (SSSR count). The zero-order chi connectivity index (χ0) is 13.9. The minimum atomic E-state index is 0.576. The van der Waals surface area contributed by atoms with Crippen molar-refractivity contribution in [2.75, 3.05) is 7.11 Å². The SMILES string of the molecule is COc1ccc(C#N)cc1Cn1ncc2ccccc21. The predicted molar refractivity (Wildman–Crippen MR) is 76.5 cm³/mol. The van der Waals surface area contributed by atoms with Gasteiger partial charge in [0.05, 0.1) is 37.0 Å². The normalized spacial score (nSPS) is 10.4. The zero-order valence-electron chi connectivity index (χ0n) is 11.1. The Morgan fingerprint density at radius 1 is 1.25 bits per heavy atom. The second-order valence-corrected chi connectivity index (χ2v) is 4.50. The van der Waals surface area contributed by atoms with Gasteiger partial charge in [-0.25, -0.2) is 0 Å². The Balaban J connectivity index is 2.04. The molecule has 0 radical (unpaired) electrons. The maximum atomic E-state index is 9.01. The third kappa shape index (κ3) is 2.10. The molecular formula is C16H13N3O. The first kappa shape index (κ1) is 12.2. The lowest BCUT2D eigenvalue weighted by atomic mass is 10.1. The summed E-state index contributed by atoms with van der Waals surface area (Å²) in [5, 5.41) is 14.5. The Bertz CT molecular complexity index is 799. The van der Waals surface area contributed by atoms with E-state index in [0.717, 1.165) is 22.2 Å². The summed E-state index contributed by atoms with van der Waals surface area (Å²) >= 11 is 0. The van der Waals surface area contributed by atoms with Crippen molar-refractivity contribution in [3.05, 3.63) is 59.8 Å². The van der Waals surface area contributed by atoms with Gasteiger partial charge in [-0.1, -0.05) is 18.2 Å². The Hall–Kier alpha value is -2.80.